The number of amides is 1. The van der Waals surface area contributed by atoms with Crippen LogP contribution in [0.15, 0.2) is 51.9 Å². The molecule has 1 aliphatic rings. The Bertz CT molecular complexity index is 1440. The Morgan fingerprint density at radius 2 is 1.82 bits per heavy atom. The molecule has 1 heterocycles. The van der Waals surface area contributed by atoms with Crippen LogP contribution in [0.3, 0.4) is 0 Å². The summed E-state index contributed by atoms with van der Waals surface area (Å²) in [7, 11) is 0. The molecule has 2 aromatic rings. The quantitative estimate of drug-likeness (QED) is 0.0983. The number of halogens is 3. The molecule has 1 aliphatic carbocycles. The second-order valence-electron chi connectivity index (χ2n) is 11.4. The van der Waals surface area contributed by atoms with Gasteiger partial charge in [-0.2, -0.15) is 0 Å². The molecular formula is C34H49F3N6O. The van der Waals surface area contributed by atoms with E-state index >= 15 is 0 Å². The molecule has 0 bridgehead atoms. The van der Waals surface area contributed by atoms with Crippen molar-refractivity contribution in [2.45, 2.75) is 111 Å². The Morgan fingerprint density at radius 1 is 1.20 bits per heavy atom. The SMILES string of the molecule is CCCC.C\C=C(F)/C=C(C(C)=Nc1c(C(C)C(N)=O)[nH]c2ccc(N)c(C=N)c12)\C(NC1CCC(F)(F)CC1)=C(/C)CC. The summed E-state index contributed by atoms with van der Waals surface area (Å²) in [6.07, 6.45) is 7.25. The van der Waals surface area contributed by atoms with Crippen molar-refractivity contribution in [3.63, 3.8) is 0 Å². The van der Waals surface area contributed by atoms with Crippen LogP contribution in [0.4, 0.5) is 24.5 Å². The van der Waals surface area contributed by atoms with Gasteiger partial charge in [0.15, 0.2) is 0 Å². The molecule has 1 aromatic carbocycles. The average molecular weight is 615 g/mol. The van der Waals surface area contributed by atoms with Crippen molar-refractivity contribution >= 4 is 40.1 Å². The van der Waals surface area contributed by atoms with Gasteiger partial charge >= 0.3 is 0 Å². The summed E-state index contributed by atoms with van der Waals surface area (Å²) >= 11 is 0. The number of benzene rings is 1. The number of rotatable bonds is 11. The molecule has 1 fully saturated rings. The molecule has 44 heavy (non-hydrogen) atoms. The molecule has 0 spiro atoms. The van der Waals surface area contributed by atoms with Gasteiger partial charge in [0.25, 0.3) is 0 Å². The second-order valence-corrected chi connectivity index (χ2v) is 11.4. The normalized spacial score (nSPS) is 17.5. The van der Waals surface area contributed by atoms with Crippen LogP contribution in [0.5, 0.6) is 0 Å². The van der Waals surface area contributed by atoms with E-state index in [1.807, 2.05) is 13.8 Å². The van der Waals surface area contributed by atoms with Gasteiger partial charge in [0.1, 0.15) is 5.83 Å². The highest BCUT2D eigenvalue weighted by Gasteiger charge is 2.35. The maximum Gasteiger partial charge on any atom is 0.248 e. The molecule has 242 valence electrons. The van der Waals surface area contributed by atoms with Crippen LogP contribution in [0, 0.1) is 5.41 Å². The van der Waals surface area contributed by atoms with Gasteiger partial charge in [0, 0.05) is 64.2 Å². The molecule has 0 saturated heterocycles. The zero-order valence-electron chi connectivity index (χ0n) is 27.1. The van der Waals surface area contributed by atoms with E-state index in [2.05, 4.69) is 24.1 Å². The summed E-state index contributed by atoms with van der Waals surface area (Å²) in [6.45, 7) is 13.2. The van der Waals surface area contributed by atoms with E-state index in [-0.39, 0.29) is 31.7 Å². The van der Waals surface area contributed by atoms with Crippen molar-refractivity contribution in [1.29, 1.82) is 5.41 Å². The summed E-state index contributed by atoms with van der Waals surface area (Å²) in [5.74, 6) is -4.48. The molecule has 3 rings (SSSR count). The molecule has 7 N–H and O–H groups in total. The van der Waals surface area contributed by atoms with Gasteiger partial charge in [-0.15, -0.1) is 0 Å². The summed E-state index contributed by atoms with van der Waals surface area (Å²) in [4.78, 5) is 20.3. The number of allylic oxidation sites excluding steroid dienone is 5. The predicted octanol–water partition coefficient (Wildman–Crippen LogP) is 8.89. The van der Waals surface area contributed by atoms with Crippen LogP contribution in [-0.2, 0) is 4.79 Å². The maximum atomic E-state index is 14.8. The number of unbranched alkanes of at least 4 members (excludes halogenated alkanes) is 1. The lowest BCUT2D eigenvalue weighted by Gasteiger charge is -2.31. The minimum Gasteiger partial charge on any atom is -0.398 e. The topological polar surface area (TPSA) is 133 Å². The Labute approximate surface area is 259 Å². The molecule has 1 amide bonds. The van der Waals surface area contributed by atoms with E-state index in [9.17, 15) is 18.0 Å². The average Bonchev–Trinajstić information content (AvgIpc) is 3.36. The Kier molecular flexibility index (Phi) is 13.5. The molecule has 7 nitrogen and oxygen atoms in total. The summed E-state index contributed by atoms with van der Waals surface area (Å²) < 4.78 is 42.5. The highest BCUT2D eigenvalue weighted by Crippen LogP contribution is 2.39. The Balaban J connectivity index is 0.00000159. The highest BCUT2D eigenvalue weighted by molar-refractivity contribution is 6.12. The lowest BCUT2D eigenvalue weighted by atomic mass is 9.90. The van der Waals surface area contributed by atoms with E-state index in [1.165, 1.54) is 25.0 Å². The number of hydrogen-bond acceptors (Lipinski definition) is 5. The fourth-order valence-corrected chi connectivity index (χ4v) is 4.86. The lowest BCUT2D eigenvalue weighted by molar-refractivity contribution is -0.119. The van der Waals surface area contributed by atoms with Gasteiger partial charge in [-0.3, -0.25) is 9.79 Å². The van der Waals surface area contributed by atoms with Crippen LogP contribution in [0.25, 0.3) is 10.9 Å². The van der Waals surface area contributed by atoms with Gasteiger partial charge in [0.2, 0.25) is 11.8 Å². The number of nitrogen functional groups attached to an aromatic ring is 1. The summed E-state index contributed by atoms with van der Waals surface area (Å²) in [6, 6.07) is 3.20. The monoisotopic (exact) mass is 614 g/mol. The number of carbonyl (C=O) groups is 1. The first-order valence-corrected chi connectivity index (χ1v) is 15.4. The van der Waals surface area contributed by atoms with Crippen molar-refractivity contribution in [3.8, 4) is 0 Å². The molecular weight excluding hydrogens is 565 g/mol. The number of hydrogen-bond donors (Lipinski definition) is 5. The third-order valence-corrected chi connectivity index (χ3v) is 8.06. The number of primary amides is 1. The Morgan fingerprint density at radius 3 is 2.32 bits per heavy atom. The first-order chi connectivity index (χ1) is 20.7. The highest BCUT2D eigenvalue weighted by atomic mass is 19.3. The number of carbonyl (C=O) groups excluding carboxylic acids is 1. The van der Waals surface area contributed by atoms with Gasteiger partial charge in [0.05, 0.1) is 17.3 Å². The third-order valence-electron chi connectivity index (χ3n) is 8.06. The fourth-order valence-electron chi connectivity index (χ4n) is 4.86. The van der Waals surface area contributed by atoms with Crippen molar-refractivity contribution in [1.82, 2.24) is 10.3 Å². The third kappa shape index (κ3) is 9.09. The number of anilines is 1. The molecule has 1 aromatic heterocycles. The first-order valence-electron chi connectivity index (χ1n) is 15.4. The number of H-pyrrole nitrogens is 1. The summed E-state index contributed by atoms with van der Waals surface area (Å²) in [5.41, 5.74) is 16.5. The van der Waals surface area contributed by atoms with Crippen molar-refractivity contribution in [3.05, 3.63) is 58.2 Å². The zero-order chi connectivity index (χ0) is 33.2. The van der Waals surface area contributed by atoms with Crippen LogP contribution in [0.2, 0.25) is 0 Å². The van der Waals surface area contributed by atoms with Crippen molar-refractivity contribution in [2.24, 2.45) is 10.7 Å². The number of alkyl halides is 2. The van der Waals surface area contributed by atoms with E-state index in [0.717, 1.165) is 11.8 Å². The van der Waals surface area contributed by atoms with Gasteiger partial charge in [-0.05, 0) is 70.7 Å². The number of nitrogens with zero attached hydrogens (tertiary/aromatic N) is 1. The molecule has 1 saturated carbocycles. The largest absolute Gasteiger partial charge is 0.398 e. The van der Waals surface area contributed by atoms with Crippen molar-refractivity contribution < 1.29 is 18.0 Å². The number of aromatic nitrogens is 1. The summed E-state index contributed by atoms with van der Waals surface area (Å²) in [5, 5.41) is 11.9. The fraction of sp³-hybridized carbons (Fsp3) is 0.500. The Hall–Kier alpha value is -3.82. The zero-order valence-corrected chi connectivity index (χ0v) is 27.1. The standard InChI is InChI=1S/C30H39F3N6O.C4H10/c1-6-16(3)26(38-20-10-12-30(32,33)13-11-20)21(14-19(31)7-2)18(5)37-28-25-22(15-34)23(35)8-9-24(25)39-27(28)17(4)29(36)40;1-3-4-2/h7-9,14-15,17,20,34,38-39H,6,10-13,35H2,1-5H3,(H2,36,40);3-4H2,1-2H3/b19-7+,21-14-,26-16-,34-15?,37-18?;. The van der Waals surface area contributed by atoms with Gasteiger partial charge in [-0.25, -0.2) is 13.2 Å². The van der Waals surface area contributed by atoms with Crippen molar-refractivity contribution in [2.75, 3.05) is 5.73 Å². The molecule has 10 heteroatoms. The van der Waals surface area contributed by atoms with E-state index in [4.69, 9.17) is 21.9 Å². The molecule has 1 unspecified atom stereocenters. The van der Waals surface area contributed by atoms with Gasteiger partial charge in [-0.1, -0.05) is 39.7 Å². The maximum absolute atomic E-state index is 14.8. The van der Waals surface area contributed by atoms with Crippen LogP contribution < -0.4 is 16.8 Å². The molecule has 1 atom stereocenters. The van der Waals surface area contributed by atoms with Gasteiger partial charge < -0.3 is 27.2 Å². The van der Waals surface area contributed by atoms with E-state index in [0.29, 0.717) is 56.9 Å². The smallest absolute Gasteiger partial charge is 0.248 e. The number of nitrogens with one attached hydrogen (secondary N) is 3. The number of nitrogens with two attached hydrogens (primary N) is 2. The molecule has 0 aliphatic heterocycles. The molecule has 0 radical (unpaired) electrons. The predicted molar refractivity (Wildman–Crippen MR) is 178 cm³/mol. The lowest BCUT2D eigenvalue weighted by Crippen LogP contribution is -2.38. The minimum absolute atomic E-state index is 0.205. The van der Waals surface area contributed by atoms with Crippen LogP contribution in [-0.4, -0.2) is 34.8 Å². The number of aromatic amines is 1. The first kappa shape index (κ1) is 36.4. The van der Waals surface area contributed by atoms with Crippen LogP contribution in [0.1, 0.15) is 111 Å². The number of aliphatic imine (C=N–C) groups is 1. The number of fused-ring (bicyclic) bond motifs is 1. The van der Waals surface area contributed by atoms with E-state index in [1.54, 1.807) is 32.9 Å². The van der Waals surface area contributed by atoms with Crippen LogP contribution >= 0.6 is 0 Å². The minimum atomic E-state index is -2.67. The van der Waals surface area contributed by atoms with E-state index < -0.39 is 23.6 Å². The second kappa shape index (κ2) is 16.3.